The van der Waals surface area contributed by atoms with Crippen LogP contribution < -0.4 is 4.74 Å². The molecule has 0 aliphatic carbocycles. The van der Waals surface area contributed by atoms with Crippen LogP contribution in [-0.4, -0.2) is 41.9 Å². The summed E-state index contributed by atoms with van der Waals surface area (Å²) >= 11 is 0. The lowest BCUT2D eigenvalue weighted by atomic mass is 10.1. The number of halogens is 1. The summed E-state index contributed by atoms with van der Waals surface area (Å²) in [5.74, 6) is 0.286. The molecule has 1 unspecified atom stereocenters. The number of benzene rings is 1. The highest BCUT2D eigenvalue weighted by molar-refractivity contribution is 7.89. The van der Waals surface area contributed by atoms with Crippen molar-refractivity contribution >= 4 is 10.0 Å². The number of nitrogens with zero attached hydrogens (tertiary/aromatic N) is 3. The molecule has 0 spiro atoms. The fraction of sp³-hybridized carbons (Fsp3) is 0.412. The van der Waals surface area contributed by atoms with Crippen LogP contribution >= 0.6 is 0 Å². The molecule has 2 aromatic rings. The monoisotopic (exact) mass is 365 g/mol. The normalized spacial score (nSPS) is 18.9. The average Bonchev–Trinajstić information content (AvgIpc) is 2.54. The van der Waals surface area contributed by atoms with Crippen molar-refractivity contribution in [2.45, 2.75) is 37.7 Å². The molecule has 0 radical (unpaired) electrons. The molecule has 0 bridgehead atoms. The summed E-state index contributed by atoms with van der Waals surface area (Å²) in [4.78, 5) is 8.12. The highest BCUT2D eigenvalue weighted by Crippen LogP contribution is 2.24. The smallest absolute Gasteiger partial charge is 0.246 e. The third-order valence-corrected chi connectivity index (χ3v) is 5.92. The molecule has 0 amide bonds. The van der Waals surface area contributed by atoms with Crippen LogP contribution in [-0.2, 0) is 10.0 Å². The van der Waals surface area contributed by atoms with Crippen LogP contribution in [0.3, 0.4) is 0 Å². The van der Waals surface area contributed by atoms with Crippen molar-refractivity contribution in [3.8, 4) is 5.88 Å². The summed E-state index contributed by atoms with van der Waals surface area (Å²) in [6, 6.07) is 7.14. The Bertz CT molecular complexity index is 853. The topological polar surface area (TPSA) is 72.4 Å². The molecular formula is C17H20FN3O3S. The molecule has 134 valence electrons. The maximum Gasteiger partial charge on any atom is 0.246 e. The van der Waals surface area contributed by atoms with Gasteiger partial charge >= 0.3 is 0 Å². The van der Waals surface area contributed by atoms with E-state index in [2.05, 4.69) is 9.97 Å². The van der Waals surface area contributed by atoms with E-state index in [1.807, 2.05) is 6.92 Å². The Morgan fingerprint density at radius 1 is 1.24 bits per heavy atom. The second-order valence-electron chi connectivity index (χ2n) is 6.07. The molecule has 1 aliphatic rings. The molecule has 1 atom stereocenters. The second-order valence-corrected chi connectivity index (χ2v) is 7.98. The van der Waals surface area contributed by atoms with E-state index >= 15 is 0 Å². The first-order chi connectivity index (χ1) is 11.9. The van der Waals surface area contributed by atoms with Gasteiger partial charge < -0.3 is 4.74 Å². The van der Waals surface area contributed by atoms with Crippen LogP contribution in [0.2, 0.25) is 0 Å². The molecule has 8 heteroatoms. The van der Waals surface area contributed by atoms with Gasteiger partial charge in [0.1, 0.15) is 22.6 Å². The molecule has 0 saturated carbocycles. The van der Waals surface area contributed by atoms with E-state index in [9.17, 15) is 12.8 Å². The predicted octanol–water partition coefficient (Wildman–Crippen LogP) is 2.46. The molecule has 1 aromatic heterocycles. The Kier molecular flexibility index (Phi) is 5.01. The van der Waals surface area contributed by atoms with E-state index in [4.69, 9.17) is 4.74 Å². The Morgan fingerprint density at radius 3 is 2.72 bits per heavy atom. The lowest BCUT2D eigenvalue weighted by Crippen LogP contribution is -2.44. The number of hydrogen-bond donors (Lipinski definition) is 0. The van der Waals surface area contributed by atoms with Gasteiger partial charge in [0.15, 0.2) is 0 Å². The summed E-state index contributed by atoms with van der Waals surface area (Å²) in [5, 5.41) is 0. The number of hydrogen-bond acceptors (Lipinski definition) is 5. The first kappa shape index (κ1) is 17.8. The van der Waals surface area contributed by atoms with Gasteiger partial charge in [-0.25, -0.2) is 17.8 Å². The van der Waals surface area contributed by atoms with Crippen LogP contribution in [0.25, 0.3) is 0 Å². The fourth-order valence-electron chi connectivity index (χ4n) is 2.93. The van der Waals surface area contributed by atoms with Crippen molar-refractivity contribution in [2.24, 2.45) is 0 Å². The number of sulfonamides is 1. The minimum atomic E-state index is -3.89. The molecular weight excluding hydrogens is 345 g/mol. The maximum atomic E-state index is 13.9. The van der Waals surface area contributed by atoms with E-state index in [0.29, 0.717) is 31.1 Å². The predicted molar refractivity (Wildman–Crippen MR) is 90.3 cm³/mol. The van der Waals surface area contributed by atoms with Crippen LogP contribution in [0.5, 0.6) is 5.88 Å². The maximum absolute atomic E-state index is 13.9. The number of ether oxygens (including phenoxy) is 1. The van der Waals surface area contributed by atoms with Gasteiger partial charge in [0.2, 0.25) is 15.9 Å². The van der Waals surface area contributed by atoms with Crippen molar-refractivity contribution in [1.29, 1.82) is 0 Å². The molecule has 1 aliphatic heterocycles. The van der Waals surface area contributed by atoms with Gasteiger partial charge in [-0.2, -0.15) is 9.29 Å². The van der Waals surface area contributed by atoms with Gasteiger partial charge in [-0.3, -0.25) is 0 Å². The van der Waals surface area contributed by atoms with Gasteiger partial charge in [-0.1, -0.05) is 12.1 Å². The average molecular weight is 365 g/mol. The molecule has 6 nitrogen and oxygen atoms in total. The van der Waals surface area contributed by atoms with E-state index in [1.165, 1.54) is 22.5 Å². The molecule has 3 rings (SSSR count). The summed E-state index contributed by atoms with van der Waals surface area (Å²) in [6.45, 7) is 4.13. The van der Waals surface area contributed by atoms with Gasteiger partial charge in [0.25, 0.3) is 0 Å². The van der Waals surface area contributed by atoms with Crippen LogP contribution in [0.4, 0.5) is 4.39 Å². The Hall–Kier alpha value is -2.06. The number of piperidine rings is 1. The highest BCUT2D eigenvalue weighted by atomic mass is 32.2. The standard InChI is InChI=1S/C17H20FN3O3S/c1-12-10-17(20-13(2)19-12)24-14-6-5-9-21(11-14)25(22,23)16-8-4-3-7-15(16)18/h3-4,7-8,10,14H,5-6,9,11H2,1-2H3. The quantitative estimate of drug-likeness (QED) is 0.832. The number of aromatic nitrogens is 2. The van der Waals surface area contributed by atoms with Gasteiger partial charge in [-0.05, 0) is 38.8 Å². The number of rotatable bonds is 4. The zero-order valence-corrected chi connectivity index (χ0v) is 15.0. The highest BCUT2D eigenvalue weighted by Gasteiger charge is 2.33. The molecule has 0 N–H and O–H groups in total. The van der Waals surface area contributed by atoms with E-state index in [1.54, 1.807) is 13.0 Å². The third kappa shape index (κ3) is 3.96. The van der Waals surface area contributed by atoms with E-state index in [-0.39, 0.29) is 17.5 Å². The Morgan fingerprint density at radius 2 is 2.00 bits per heavy atom. The SMILES string of the molecule is Cc1cc(OC2CCCN(S(=O)(=O)c3ccccc3F)C2)nc(C)n1. The van der Waals surface area contributed by atoms with Crippen molar-refractivity contribution < 1.29 is 17.5 Å². The summed E-state index contributed by atoms with van der Waals surface area (Å²) in [6.07, 6.45) is 1.02. The number of aryl methyl sites for hydroxylation is 2. The van der Waals surface area contributed by atoms with Crippen molar-refractivity contribution in [3.05, 3.63) is 47.7 Å². The third-order valence-electron chi connectivity index (χ3n) is 4.03. The van der Waals surface area contributed by atoms with Crippen molar-refractivity contribution in [1.82, 2.24) is 14.3 Å². The minimum absolute atomic E-state index is 0.165. The van der Waals surface area contributed by atoms with Crippen molar-refractivity contribution in [3.63, 3.8) is 0 Å². The lowest BCUT2D eigenvalue weighted by Gasteiger charge is -2.31. The van der Waals surface area contributed by atoms with Crippen molar-refractivity contribution in [2.75, 3.05) is 13.1 Å². The zero-order chi connectivity index (χ0) is 18.0. The summed E-state index contributed by atoms with van der Waals surface area (Å²) in [7, 11) is -3.89. The molecule has 2 heterocycles. The molecule has 25 heavy (non-hydrogen) atoms. The largest absolute Gasteiger partial charge is 0.473 e. The molecule has 1 fully saturated rings. The van der Waals surface area contributed by atoms with Crippen LogP contribution in [0, 0.1) is 19.7 Å². The Balaban J connectivity index is 1.78. The molecule has 1 aromatic carbocycles. The summed E-state index contributed by atoms with van der Waals surface area (Å²) < 4.78 is 46.5. The van der Waals surface area contributed by atoms with Gasteiger partial charge in [0, 0.05) is 18.3 Å². The first-order valence-corrected chi connectivity index (χ1v) is 9.54. The molecule has 1 saturated heterocycles. The van der Waals surface area contributed by atoms with Gasteiger partial charge in [0.05, 0.1) is 6.54 Å². The fourth-order valence-corrected chi connectivity index (χ4v) is 4.50. The van der Waals surface area contributed by atoms with Gasteiger partial charge in [-0.15, -0.1) is 0 Å². The first-order valence-electron chi connectivity index (χ1n) is 8.10. The van der Waals surface area contributed by atoms with E-state index in [0.717, 1.165) is 11.8 Å². The summed E-state index contributed by atoms with van der Waals surface area (Å²) in [5.41, 5.74) is 0.786. The van der Waals surface area contributed by atoms with Crippen LogP contribution in [0.15, 0.2) is 35.2 Å². The van der Waals surface area contributed by atoms with Crippen LogP contribution in [0.1, 0.15) is 24.4 Å². The minimum Gasteiger partial charge on any atom is -0.473 e. The van der Waals surface area contributed by atoms with E-state index < -0.39 is 15.8 Å². The lowest BCUT2D eigenvalue weighted by molar-refractivity contribution is 0.124. The Labute approximate surface area is 146 Å². The second kappa shape index (κ2) is 7.05. The zero-order valence-electron chi connectivity index (χ0n) is 14.1.